The SMILES string of the molecule is CCCCOC(=O)[C@@H](CO)NC(=O)CC1(CC(=O)N[C@H](CO)C(=O)OCCCC)CC1. The highest BCUT2D eigenvalue weighted by molar-refractivity contribution is 5.87. The molecule has 1 rings (SSSR count). The lowest BCUT2D eigenvalue weighted by Gasteiger charge is -2.20. The molecule has 0 aromatic carbocycles. The van der Waals surface area contributed by atoms with Crippen LogP contribution >= 0.6 is 0 Å². The van der Waals surface area contributed by atoms with Gasteiger partial charge < -0.3 is 30.3 Å². The quantitative estimate of drug-likeness (QED) is 0.194. The molecule has 1 saturated carbocycles. The minimum absolute atomic E-state index is 0.00387. The first-order valence-corrected chi connectivity index (χ1v) is 10.9. The zero-order chi connectivity index (χ0) is 23.3. The molecule has 10 nitrogen and oxygen atoms in total. The van der Waals surface area contributed by atoms with Crippen molar-refractivity contribution in [2.24, 2.45) is 5.41 Å². The van der Waals surface area contributed by atoms with Crippen molar-refractivity contribution in [1.29, 1.82) is 0 Å². The van der Waals surface area contributed by atoms with Crippen LogP contribution in [0.2, 0.25) is 0 Å². The average Bonchev–Trinajstić information content (AvgIpc) is 3.48. The van der Waals surface area contributed by atoms with Crippen molar-refractivity contribution in [1.82, 2.24) is 10.6 Å². The summed E-state index contributed by atoms with van der Waals surface area (Å²) >= 11 is 0. The Morgan fingerprint density at radius 1 is 0.806 bits per heavy atom. The minimum atomic E-state index is -1.15. The highest BCUT2D eigenvalue weighted by Gasteiger charge is 2.46. The van der Waals surface area contributed by atoms with Gasteiger partial charge in [0.25, 0.3) is 0 Å². The van der Waals surface area contributed by atoms with Gasteiger partial charge in [0.05, 0.1) is 26.4 Å². The van der Waals surface area contributed by atoms with Crippen LogP contribution in [0.15, 0.2) is 0 Å². The number of hydrogen-bond donors (Lipinski definition) is 4. The largest absolute Gasteiger partial charge is 0.464 e. The van der Waals surface area contributed by atoms with E-state index in [1.54, 1.807) is 0 Å². The lowest BCUT2D eigenvalue weighted by atomic mass is 9.96. The van der Waals surface area contributed by atoms with Crippen LogP contribution in [0.3, 0.4) is 0 Å². The summed E-state index contributed by atoms with van der Waals surface area (Å²) in [5.74, 6) is -2.32. The lowest BCUT2D eigenvalue weighted by Crippen LogP contribution is -2.46. The van der Waals surface area contributed by atoms with Gasteiger partial charge in [-0.1, -0.05) is 26.7 Å². The molecule has 0 radical (unpaired) electrons. The third-order valence-electron chi connectivity index (χ3n) is 5.12. The van der Waals surface area contributed by atoms with E-state index >= 15 is 0 Å². The highest BCUT2D eigenvalue weighted by atomic mass is 16.5. The molecule has 1 aliphatic rings. The number of nitrogens with one attached hydrogen (secondary N) is 2. The van der Waals surface area contributed by atoms with Crippen LogP contribution in [-0.2, 0) is 28.7 Å². The number of carbonyl (C=O) groups is 4. The van der Waals surface area contributed by atoms with Crippen LogP contribution in [0.4, 0.5) is 0 Å². The minimum Gasteiger partial charge on any atom is -0.464 e. The summed E-state index contributed by atoms with van der Waals surface area (Å²) in [6, 6.07) is -2.30. The zero-order valence-electron chi connectivity index (χ0n) is 18.5. The van der Waals surface area contributed by atoms with Crippen molar-refractivity contribution in [2.45, 2.75) is 77.3 Å². The molecule has 0 aliphatic heterocycles. The predicted octanol–water partition coefficient (Wildman–Crippen LogP) is 0.188. The molecule has 0 spiro atoms. The van der Waals surface area contributed by atoms with Gasteiger partial charge in [-0.25, -0.2) is 9.59 Å². The fraction of sp³-hybridized carbons (Fsp3) is 0.810. The molecule has 2 atom stereocenters. The standard InChI is InChI=1S/C21H36N2O8/c1-3-5-9-30-19(28)15(13-24)22-17(26)11-21(7-8-21)12-18(27)23-16(14-25)20(29)31-10-6-4-2/h15-16,24-25H,3-14H2,1-2H3,(H,22,26)(H,23,27)/t15-,16-/m1/s1. The topological polar surface area (TPSA) is 151 Å². The Kier molecular flexibility index (Phi) is 12.1. The molecule has 1 aliphatic carbocycles. The van der Waals surface area contributed by atoms with Gasteiger partial charge in [-0.3, -0.25) is 9.59 Å². The van der Waals surface area contributed by atoms with E-state index < -0.39 is 54.5 Å². The van der Waals surface area contributed by atoms with Crippen molar-refractivity contribution in [2.75, 3.05) is 26.4 Å². The number of amides is 2. The lowest BCUT2D eigenvalue weighted by molar-refractivity contribution is -0.149. The van der Waals surface area contributed by atoms with Gasteiger partial charge in [0.15, 0.2) is 12.1 Å². The second-order valence-electron chi connectivity index (χ2n) is 8.00. The van der Waals surface area contributed by atoms with Crippen molar-refractivity contribution in [3.8, 4) is 0 Å². The molecule has 0 unspecified atom stereocenters. The molecule has 1 fully saturated rings. The molecular formula is C21H36N2O8. The summed E-state index contributed by atoms with van der Waals surface area (Å²) in [6.07, 6.45) is 4.37. The number of aliphatic hydroxyl groups is 2. The highest BCUT2D eigenvalue weighted by Crippen LogP contribution is 2.51. The second kappa shape index (κ2) is 14.0. The Morgan fingerprint density at radius 2 is 1.19 bits per heavy atom. The monoisotopic (exact) mass is 444 g/mol. The van der Waals surface area contributed by atoms with Gasteiger partial charge in [-0.15, -0.1) is 0 Å². The summed E-state index contributed by atoms with van der Waals surface area (Å²) in [5.41, 5.74) is -0.563. The molecule has 178 valence electrons. The van der Waals surface area contributed by atoms with E-state index in [1.165, 1.54) is 0 Å². The van der Waals surface area contributed by atoms with Crippen molar-refractivity contribution >= 4 is 23.8 Å². The van der Waals surface area contributed by atoms with Crippen LogP contribution in [0.5, 0.6) is 0 Å². The molecule has 4 N–H and O–H groups in total. The Labute approximate surface area is 183 Å². The molecular weight excluding hydrogens is 408 g/mol. The van der Waals surface area contributed by atoms with E-state index in [0.717, 1.165) is 12.8 Å². The molecule has 0 heterocycles. The first-order chi connectivity index (χ1) is 14.8. The summed E-state index contributed by atoms with van der Waals surface area (Å²) in [5, 5.41) is 23.6. The molecule has 0 bridgehead atoms. The Hall–Kier alpha value is -2.20. The van der Waals surface area contributed by atoms with Gasteiger partial charge in [0.2, 0.25) is 11.8 Å². The third kappa shape index (κ3) is 10.1. The van der Waals surface area contributed by atoms with Crippen LogP contribution in [0, 0.1) is 5.41 Å². The molecule has 31 heavy (non-hydrogen) atoms. The Morgan fingerprint density at radius 3 is 1.48 bits per heavy atom. The normalized spacial score (nSPS) is 16.0. The maximum Gasteiger partial charge on any atom is 0.331 e. The number of hydrogen-bond acceptors (Lipinski definition) is 8. The van der Waals surface area contributed by atoms with Crippen molar-refractivity contribution in [3.05, 3.63) is 0 Å². The number of rotatable bonds is 16. The Balaban J connectivity index is 2.49. The average molecular weight is 445 g/mol. The van der Waals surface area contributed by atoms with Gasteiger partial charge in [0.1, 0.15) is 0 Å². The maximum absolute atomic E-state index is 12.3. The van der Waals surface area contributed by atoms with E-state index in [-0.39, 0.29) is 26.1 Å². The van der Waals surface area contributed by atoms with Crippen LogP contribution < -0.4 is 10.6 Å². The third-order valence-corrected chi connectivity index (χ3v) is 5.12. The molecule has 0 aromatic rings. The summed E-state index contributed by atoms with van der Waals surface area (Å²) in [4.78, 5) is 48.5. The maximum atomic E-state index is 12.3. The smallest absolute Gasteiger partial charge is 0.331 e. The molecule has 0 aromatic heterocycles. The van der Waals surface area contributed by atoms with Crippen molar-refractivity contribution < 1.29 is 38.9 Å². The number of aliphatic hydroxyl groups excluding tert-OH is 2. The number of ether oxygens (including phenoxy) is 2. The van der Waals surface area contributed by atoms with Gasteiger partial charge in [0, 0.05) is 12.8 Å². The van der Waals surface area contributed by atoms with E-state index in [4.69, 9.17) is 9.47 Å². The Bertz CT molecular complexity index is 558. The van der Waals surface area contributed by atoms with E-state index in [1.807, 2.05) is 13.8 Å². The molecule has 2 amide bonds. The van der Waals surface area contributed by atoms with Gasteiger partial charge in [-0.2, -0.15) is 0 Å². The predicted molar refractivity (Wildman–Crippen MR) is 111 cm³/mol. The van der Waals surface area contributed by atoms with Gasteiger partial charge >= 0.3 is 11.9 Å². The first kappa shape index (κ1) is 26.8. The number of unbranched alkanes of at least 4 members (excludes halogenated alkanes) is 2. The van der Waals surface area contributed by atoms with Crippen LogP contribution in [0.1, 0.15) is 65.2 Å². The van der Waals surface area contributed by atoms with Crippen LogP contribution in [0.25, 0.3) is 0 Å². The number of carbonyl (C=O) groups excluding carboxylic acids is 4. The van der Waals surface area contributed by atoms with E-state index in [2.05, 4.69) is 10.6 Å². The van der Waals surface area contributed by atoms with Crippen molar-refractivity contribution in [3.63, 3.8) is 0 Å². The zero-order valence-corrected chi connectivity index (χ0v) is 18.5. The molecule has 10 heteroatoms. The van der Waals surface area contributed by atoms with Crippen LogP contribution in [-0.4, -0.2) is 72.5 Å². The summed E-state index contributed by atoms with van der Waals surface area (Å²) in [6.45, 7) is 3.17. The fourth-order valence-electron chi connectivity index (χ4n) is 2.96. The summed E-state index contributed by atoms with van der Waals surface area (Å²) < 4.78 is 10.0. The fourth-order valence-corrected chi connectivity index (χ4v) is 2.96. The molecule has 0 saturated heterocycles. The van der Waals surface area contributed by atoms with E-state index in [9.17, 15) is 29.4 Å². The second-order valence-corrected chi connectivity index (χ2v) is 8.00. The first-order valence-electron chi connectivity index (χ1n) is 10.9. The summed E-state index contributed by atoms with van der Waals surface area (Å²) in [7, 11) is 0. The van der Waals surface area contributed by atoms with E-state index in [0.29, 0.717) is 25.7 Å². The van der Waals surface area contributed by atoms with Gasteiger partial charge in [-0.05, 0) is 31.1 Å². The number of esters is 2.